The van der Waals surface area contributed by atoms with Crippen LogP contribution in [-0.2, 0) is 4.79 Å². The molecule has 0 aromatic heterocycles. The minimum absolute atomic E-state index is 0.00964. The number of hydrogen-bond acceptors (Lipinski definition) is 4. The molecular weight excluding hydrogens is 465 g/mol. The van der Waals surface area contributed by atoms with Gasteiger partial charge in [0.1, 0.15) is 17.4 Å². The van der Waals surface area contributed by atoms with Gasteiger partial charge in [0.25, 0.3) is 5.91 Å². The number of rotatable bonds is 7. The highest BCUT2D eigenvalue weighted by atomic mass is 127. The highest BCUT2D eigenvalue weighted by Gasteiger charge is 2.17. The molecule has 0 radical (unpaired) electrons. The minimum Gasteiger partial charge on any atom is -0.494 e. The molecule has 0 fully saturated rings. The van der Waals surface area contributed by atoms with E-state index in [1.807, 2.05) is 70.2 Å². The van der Waals surface area contributed by atoms with E-state index in [1.165, 1.54) is 6.20 Å². The lowest BCUT2D eigenvalue weighted by Crippen LogP contribution is -2.28. The predicted molar refractivity (Wildman–Crippen MR) is 120 cm³/mol. The van der Waals surface area contributed by atoms with E-state index in [4.69, 9.17) is 4.74 Å². The molecule has 0 saturated heterocycles. The number of halogens is 1. The number of anilines is 1. The van der Waals surface area contributed by atoms with Gasteiger partial charge in [-0.3, -0.25) is 4.79 Å². The van der Waals surface area contributed by atoms with Crippen LogP contribution < -0.4 is 15.4 Å². The number of nitrogens with one attached hydrogen (secondary N) is 2. The zero-order valence-electron chi connectivity index (χ0n) is 16.5. The summed E-state index contributed by atoms with van der Waals surface area (Å²) in [6.07, 6.45) is 1.44. The first kappa shape index (κ1) is 21.8. The Labute approximate surface area is 179 Å². The molecule has 5 nitrogen and oxygen atoms in total. The summed E-state index contributed by atoms with van der Waals surface area (Å²) in [5.41, 5.74) is 3.86. The van der Waals surface area contributed by atoms with E-state index in [0.29, 0.717) is 6.61 Å². The molecule has 146 valence electrons. The molecule has 6 heteroatoms. The summed E-state index contributed by atoms with van der Waals surface area (Å²) in [5.74, 6) is 0.297. The average molecular weight is 489 g/mol. The summed E-state index contributed by atoms with van der Waals surface area (Å²) >= 11 is 2.24. The van der Waals surface area contributed by atoms with E-state index in [1.54, 1.807) is 0 Å². The lowest BCUT2D eigenvalue weighted by atomic mass is 10.0. The number of benzene rings is 2. The van der Waals surface area contributed by atoms with Crippen LogP contribution in [0.3, 0.4) is 0 Å². The molecule has 2 aromatic carbocycles. The van der Waals surface area contributed by atoms with Gasteiger partial charge in [0.15, 0.2) is 0 Å². The Morgan fingerprint density at radius 2 is 2.04 bits per heavy atom. The van der Waals surface area contributed by atoms with Crippen LogP contribution in [-0.4, -0.2) is 12.5 Å². The molecule has 0 aliphatic rings. The van der Waals surface area contributed by atoms with Crippen LogP contribution in [0.4, 0.5) is 5.69 Å². The van der Waals surface area contributed by atoms with Crippen molar-refractivity contribution in [1.29, 1.82) is 5.26 Å². The lowest BCUT2D eigenvalue weighted by Gasteiger charge is -2.18. The van der Waals surface area contributed by atoms with Crippen molar-refractivity contribution in [2.24, 2.45) is 0 Å². The fourth-order valence-electron chi connectivity index (χ4n) is 2.73. The molecule has 2 rings (SSSR count). The van der Waals surface area contributed by atoms with Gasteiger partial charge in [-0.2, -0.15) is 5.26 Å². The van der Waals surface area contributed by atoms with Crippen molar-refractivity contribution in [3.63, 3.8) is 0 Å². The van der Waals surface area contributed by atoms with Crippen molar-refractivity contribution < 1.29 is 9.53 Å². The Balaban J connectivity index is 2.15. The number of amides is 1. The summed E-state index contributed by atoms with van der Waals surface area (Å²) < 4.78 is 6.79. The summed E-state index contributed by atoms with van der Waals surface area (Å²) in [7, 11) is 0. The number of nitriles is 1. The highest BCUT2D eigenvalue weighted by Crippen LogP contribution is 2.26. The van der Waals surface area contributed by atoms with Gasteiger partial charge in [-0.1, -0.05) is 17.7 Å². The molecule has 0 aliphatic carbocycles. The largest absolute Gasteiger partial charge is 0.494 e. The molecule has 1 unspecified atom stereocenters. The average Bonchev–Trinajstić information content (AvgIpc) is 2.65. The van der Waals surface area contributed by atoms with Crippen LogP contribution in [0, 0.1) is 28.7 Å². The second-order valence-electron chi connectivity index (χ2n) is 6.44. The maximum Gasteiger partial charge on any atom is 0.263 e. The van der Waals surface area contributed by atoms with Gasteiger partial charge in [-0.25, -0.2) is 0 Å². The molecule has 1 amide bonds. The SMILES string of the molecule is CCOc1ccc(C)cc1C(C)NC(=O)/C(C#N)=C\Nc1ccc(I)cc1C. The third-order valence-electron chi connectivity index (χ3n) is 4.20. The van der Waals surface area contributed by atoms with Crippen LogP contribution >= 0.6 is 22.6 Å². The second kappa shape index (κ2) is 10.1. The van der Waals surface area contributed by atoms with E-state index in [0.717, 1.165) is 31.7 Å². The summed E-state index contributed by atoms with van der Waals surface area (Å²) in [4.78, 5) is 12.6. The molecule has 0 spiro atoms. The van der Waals surface area contributed by atoms with Crippen molar-refractivity contribution in [2.75, 3.05) is 11.9 Å². The number of carbonyl (C=O) groups excluding carboxylic acids is 1. The van der Waals surface area contributed by atoms with Crippen molar-refractivity contribution in [2.45, 2.75) is 33.7 Å². The highest BCUT2D eigenvalue weighted by molar-refractivity contribution is 14.1. The van der Waals surface area contributed by atoms with Gasteiger partial charge < -0.3 is 15.4 Å². The lowest BCUT2D eigenvalue weighted by molar-refractivity contribution is -0.117. The number of nitrogens with zero attached hydrogens (tertiary/aromatic N) is 1. The van der Waals surface area contributed by atoms with Crippen molar-refractivity contribution >= 4 is 34.2 Å². The van der Waals surface area contributed by atoms with Gasteiger partial charge in [0.05, 0.1) is 12.6 Å². The fourth-order valence-corrected chi connectivity index (χ4v) is 3.38. The monoisotopic (exact) mass is 489 g/mol. The standard InChI is InChI=1S/C22H24IN3O2/c1-5-28-21-9-6-14(2)10-19(21)16(4)26-22(27)17(12-24)13-25-20-8-7-18(23)11-15(20)3/h6-11,13,16,25H,5H2,1-4H3,(H,26,27)/b17-13-. The smallest absolute Gasteiger partial charge is 0.263 e. The Bertz CT molecular complexity index is 932. The van der Waals surface area contributed by atoms with Crippen molar-refractivity contribution in [3.05, 3.63) is 68.4 Å². The Morgan fingerprint density at radius 1 is 1.29 bits per heavy atom. The van der Waals surface area contributed by atoms with Gasteiger partial charge in [-0.05, 0) is 80.1 Å². The van der Waals surface area contributed by atoms with Crippen LogP contribution in [0.15, 0.2) is 48.2 Å². The number of aryl methyl sites for hydroxylation is 2. The third-order valence-corrected chi connectivity index (χ3v) is 4.88. The zero-order chi connectivity index (χ0) is 20.7. The van der Waals surface area contributed by atoms with Crippen LogP contribution in [0.5, 0.6) is 5.75 Å². The first-order valence-electron chi connectivity index (χ1n) is 9.02. The van der Waals surface area contributed by atoms with E-state index >= 15 is 0 Å². The molecule has 28 heavy (non-hydrogen) atoms. The normalized spacial score (nSPS) is 12.1. The molecule has 0 bridgehead atoms. The van der Waals surface area contributed by atoms with Gasteiger partial charge >= 0.3 is 0 Å². The predicted octanol–water partition coefficient (Wildman–Crippen LogP) is 5.00. The molecule has 1 atom stereocenters. The molecule has 2 N–H and O–H groups in total. The van der Waals surface area contributed by atoms with Gasteiger partial charge in [0.2, 0.25) is 0 Å². The Morgan fingerprint density at radius 3 is 2.68 bits per heavy atom. The first-order valence-corrected chi connectivity index (χ1v) is 10.1. The summed E-state index contributed by atoms with van der Waals surface area (Å²) in [6.45, 7) is 8.29. The van der Waals surface area contributed by atoms with Crippen molar-refractivity contribution in [1.82, 2.24) is 5.32 Å². The maximum atomic E-state index is 12.6. The minimum atomic E-state index is -0.436. The molecule has 0 saturated carbocycles. The Kier molecular flexibility index (Phi) is 7.88. The summed E-state index contributed by atoms with van der Waals surface area (Å²) in [6, 6.07) is 13.4. The number of hydrogen-bond donors (Lipinski definition) is 2. The molecule has 2 aromatic rings. The van der Waals surface area contributed by atoms with Crippen LogP contribution in [0.25, 0.3) is 0 Å². The van der Waals surface area contributed by atoms with Gasteiger partial charge in [-0.15, -0.1) is 0 Å². The molecular formula is C22H24IN3O2. The number of ether oxygens (including phenoxy) is 1. The Hall–Kier alpha value is -2.53. The zero-order valence-corrected chi connectivity index (χ0v) is 18.6. The first-order chi connectivity index (χ1) is 13.3. The van der Waals surface area contributed by atoms with Crippen molar-refractivity contribution in [3.8, 4) is 11.8 Å². The molecule has 0 heterocycles. The molecule has 0 aliphatic heterocycles. The summed E-state index contributed by atoms with van der Waals surface area (Å²) in [5, 5.41) is 15.3. The third kappa shape index (κ3) is 5.73. The maximum absolute atomic E-state index is 12.6. The van der Waals surface area contributed by atoms with Crippen LogP contribution in [0.1, 0.15) is 36.6 Å². The van der Waals surface area contributed by atoms with E-state index < -0.39 is 5.91 Å². The second-order valence-corrected chi connectivity index (χ2v) is 7.69. The number of carbonyl (C=O) groups is 1. The topological polar surface area (TPSA) is 74.1 Å². The van der Waals surface area contributed by atoms with E-state index in [2.05, 4.69) is 33.2 Å². The quantitative estimate of drug-likeness (QED) is 0.326. The van der Waals surface area contributed by atoms with Crippen LogP contribution in [0.2, 0.25) is 0 Å². The van der Waals surface area contributed by atoms with Gasteiger partial charge in [0, 0.05) is 21.0 Å². The fraction of sp³-hybridized carbons (Fsp3) is 0.273. The van der Waals surface area contributed by atoms with E-state index in [-0.39, 0.29) is 11.6 Å². The van der Waals surface area contributed by atoms with E-state index in [9.17, 15) is 10.1 Å².